The lowest BCUT2D eigenvalue weighted by atomic mass is 9.79. The van der Waals surface area contributed by atoms with E-state index in [1.165, 1.54) is 5.06 Å². The van der Waals surface area contributed by atoms with Crippen LogP contribution in [0.25, 0.3) is 0 Å². The lowest BCUT2D eigenvalue weighted by molar-refractivity contribution is -0.245. The predicted molar refractivity (Wildman–Crippen MR) is 67.6 cm³/mol. The van der Waals surface area contributed by atoms with Crippen LogP contribution in [-0.4, -0.2) is 41.0 Å². The average Bonchev–Trinajstić information content (AvgIpc) is 2.12. The molecular formula is C10H21ClN2O3S. The molecular weight excluding hydrogens is 264 g/mol. The molecule has 0 amide bonds. The summed E-state index contributed by atoms with van der Waals surface area (Å²) in [6.07, 6.45) is 1.09. The number of halogens is 1. The fourth-order valence-corrected chi connectivity index (χ4v) is 3.57. The third-order valence-corrected chi connectivity index (χ3v) is 4.97. The van der Waals surface area contributed by atoms with Gasteiger partial charge in [0.2, 0.25) is 10.0 Å². The van der Waals surface area contributed by atoms with Crippen LogP contribution in [0.3, 0.4) is 0 Å². The fraction of sp³-hybridized carbons (Fsp3) is 1.00. The minimum Gasteiger partial charge on any atom is -0.313 e. The Bertz CT molecular complexity index is 363. The molecule has 102 valence electrons. The van der Waals surface area contributed by atoms with E-state index >= 15 is 0 Å². The zero-order valence-electron chi connectivity index (χ0n) is 10.7. The van der Waals surface area contributed by atoms with Gasteiger partial charge in [0.05, 0.1) is 0 Å². The summed E-state index contributed by atoms with van der Waals surface area (Å²) in [5.41, 5.74) is -0.942. The highest BCUT2D eigenvalue weighted by Gasteiger charge is 2.45. The van der Waals surface area contributed by atoms with Crippen LogP contribution in [0.4, 0.5) is 0 Å². The van der Waals surface area contributed by atoms with E-state index < -0.39 is 26.3 Å². The van der Waals surface area contributed by atoms with Crippen LogP contribution in [0.15, 0.2) is 0 Å². The maximum absolute atomic E-state index is 11.5. The molecule has 0 aromatic heterocycles. The first-order valence-electron chi connectivity index (χ1n) is 5.55. The third kappa shape index (κ3) is 3.54. The van der Waals surface area contributed by atoms with Gasteiger partial charge < -0.3 is 5.21 Å². The van der Waals surface area contributed by atoms with E-state index in [2.05, 4.69) is 4.72 Å². The van der Waals surface area contributed by atoms with Crippen LogP contribution < -0.4 is 4.72 Å². The Hall–Kier alpha value is 0.120. The van der Waals surface area contributed by atoms with E-state index in [4.69, 9.17) is 11.6 Å². The summed E-state index contributed by atoms with van der Waals surface area (Å²) in [7, 11) is -3.42. The van der Waals surface area contributed by atoms with Gasteiger partial charge in [-0.3, -0.25) is 0 Å². The average molecular weight is 285 g/mol. The van der Waals surface area contributed by atoms with Gasteiger partial charge in [0.1, 0.15) is 5.21 Å². The molecule has 0 atom stereocenters. The van der Waals surface area contributed by atoms with Gasteiger partial charge in [-0.2, -0.15) is 5.06 Å². The van der Waals surface area contributed by atoms with Gasteiger partial charge in [0, 0.05) is 17.1 Å². The lowest BCUT2D eigenvalue weighted by Gasteiger charge is -2.51. The molecule has 17 heavy (non-hydrogen) atoms. The van der Waals surface area contributed by atoms with E-state index in [-0.39, 0.29) is 6.04 Å². The topological polar surface area (TPSA) is 69.6 Å². The van der Waals surface area contributed by atoms with Crippen LogP contribution in [-0.2, 0) is 10.0 Å². The van der Waals surface area contributed by atoms with Crippen molar-refractivity contribution in [3.8, 4) is 0 Å². The Labute approximate surface area is 108 Å². The predicted octanol–water partition coefficient (Wildman–Crippen LogP) is 1.51. The summed E-state index contributed by atoms with van der Waals surface area (Å²) >= 11 is 5.37. The molecule has 2 N–H and O–H groups in total. The molecule has 1 saturated heterocycles. The van der Waals surface area contributed by atoms with Gasteiger partial charge in [-0.15, -0.1) is 11.6 Å². The van der Waals surface area contributed by atoms with Crippen LogP contribution in [0.5, 0.6) is 0 Å². The number of nitrogens with one attached hydrogen (secondary N) is 1. The standard InChI is InChI=1S/C10H21ClN2O3S/c1-9(2)5-8(12-17(15,16)7-11)6-10(3,4)13(9)14/h8,12,14H,5-7H2,1-4H3. The third-order valence-electron chi connectivity index (χ3n) is 3.13. The Morgan fingerprint density at radius 1 is 1.29 bits per heavy atom. The summed E-state index contributed by atoms with van der Waals surface area (Å²) in [5, 5.41) is 10.9. The van der Waals surface area contributed by atoms with E-state index in [1.54, 1.807) is 0 Å². The molecule has 1 aliphatic heterocycles. The first-order valence-corrected chi connectivity index (χ1v) is 7.74. The van der Waals surface area contributed by atoms with Crippen LogP contribution in [0.2, 0.25) is 0 Å². The summed E-state index contributed by atoms with van der Waals surface area (Å²) in [6.45, 7) is 7.54. The molecule has 0 bridgehead atoms. The molecule has 5 nitrogen and oxygen atoms in total. The van der Waals surface area contributed by atoms with E-state index in [1.807, 2.05) is 27.7 Å². The van der Waals surface area contributed by atoms with Crippen LogP contribution in [0.1, 0.15) is 40.5 Å². The second-order valence-corrected chi connectivity index (χ2v) is 8.22. The summed E-state index contributed by atoms with van der Waals surface area (Å²) < 4.78 is 25.5. The lowest BCUT2D eigenvalue weighted by Crippen LogP contribution is -2.62. The molecule has 1 rings (SSSR count). The molecule has 0 unspecified atom stereocenters. The Morgan fingerprint density at radius 2 is 1.71 bits per heavy atom. The number of hydroxylamine groups is 2. The second-order valence-electron chi connectivity index (χ2n) is 5.88. The minimum atomic E-state index is -3.42. The molecule has 0 saturated carbocycles. The van der Waals surface area contributed by atoms with Gasteiger partial charge in [0.15, 0.2) is 0 Å². The highest BCUT2D eigenvalue weighted by molar-refractivity contribution is 7.90. The fourth-order valence-electron chi connectivity index (χ4n) is 2.64. The Morgan fingerprint density at radius 3 is 2.06 bits per heavy atom. The number of sulfonamides is 1. The van der Waals surface area contributed by atoms with Gasteiger partial charge in [-0.05, 0) is 40.5 Å². The monoisotopic (exact) mass is 284 g/mol. The molecule has 0 aromatic rings. The van der Waals surface area contributed by atoms with Crippen molar-refractivity contribution in [2.75, 3.05) is 5.21 Å². The highest BCUT2D eigenvalue weighted by atomic mass is 35.5. The minimum absolute atomic E-state index is 0.202. The maximum Gasteiger partial charge on any atom is 0.225 e. The molecule has 0 spiro atoms. The molecule has 7 heteroatoms. The largest absolute Gasteiger partial charge is 0.313 e. The summed E-state index contributed by atoms with van der Waals surface area (Å²) in [5.74, 6) is 0. The first-order chi connectivity index (χ1) is 7.50. The number of hydrogen-bond donors (Lipinski definition) is 2. The van der Waals surface area contributed by atoms with Crippen molar-refractivity contribution in [3.05, 3.63) is 0 Å². The zero-order valence-corrected chi connectivity index (χ0v) is 12.3. The number of piperidine rings is 1. The van der Waals surface area contributed by atoms with Gasteiger partial charge in [-0.25, -0.2) is 13.1 Å². The SMILES string of the molecule is CC1(C)CC(NS(=O)(=O)CCl)CC(C)(C)N1O. The smallest absolute Gasteiger partial charge is 0.225 e. The number of nitrogens with zero attached hydrogens (tertiary/aromatic N) is 1. The number of rotatable bonds is 3. The van der Waals surface area contributed by atoms with Crippen molar-refractivity contribution >= 4 is 21.6 Å². The molecule has 0 radical (unpaired) electrons. The van der Waals surface area contributed by atoms with Crippen LogP contribution >= 0.6 is 11.6 Å². The van der Waals surface area contributed by atoms with Crippen molar-refractivity contribution in [2.24, 2.45) is 0 Å². The molecule has 1 aliphatic rings. The van der Waals surface area contributed by atoms with Crippen LogP contribution in [0, 0.1) is 0 Å². The number of hydrogen-bond acceptors (Lipinski definition) is 4. The van der Waals surface area contributed by atoms with E-state index in [0.717, 1.165) is 0 Å². The summed E-state index contributed by atoms with van der Waals surface area (Å²) in [6, 6.07) is -0.202. The number of alkyl halides is 1. The molecule has 0 aromatic carbocycles. The zero-order chi connectivity index (χ0) is 13.5. The molecule has 0 aliphatic carbocycles. The van der Waals surface area contributed by atoms with Crippen molar-refractivity contribution in [1.29, 1.82) is 0 Å². The van der Waals surface area contributed by atoms with E-state index in [0.29, 0.717) is 12.8 Å². The quantitative estimate of drug-likeness (QED) is 0.771. The van der Waals surface area contributed by atoms with Crippen molar-refractivity contribution < 1.29 is 13.6 Å². The Balaban J connectivity index is 2.86. The molecule has 1 fully saturated rings. The Kier molecular flexibility index (Phi) is 4.16. The second kappa shape index (κ2) is 4.66. The summed E-state index contributed by atoms with van der Waals surface area (Å²) in [4.78, 5) is 0. The van der Waals surface area contributed by atoms with Crippen molar-refractivity contribution in [1.82, 2.24) is 9.79 Å². The van der Waals surface area contributed by atoms with Gasteiger partial charge in [-0.1, -0.05) is 0 Å². The normalized spacial score (nSPS) is 26.0. The van der Waals surface area contributed by atoms with Crippen molar-refractivity contribution in [3.63, 3.8) is 0 Å². The maximum atomic E-state index is 11.5. The highest BCUT2D eigenvalue weighted by Crippen LogP contribution is 2.36. The molecule has 1 heterocycles. The van der Waals surface area contributed by atoms with Gasteiger partial charge in [0.25, 0.3) is 0 Å². The van der Waals surface area contributed by atoms with Gasteiger partial charge >= 0.3 is 0 Å². The van der Waals surface area contributed by atoms with E-state index in [9.17, 15) is 13.6 Å². The first kappa shape index (κ1) is 15.2. The van der Waals surface area contributed by atoms with Crippen molar-refractivity contribution in [2.45, 2.75) is 57.7 Å².